The quantitative estimate of drug-likeness (QED) is 0.341. The summed E-state index contributed by atoms with van der Waals surface area (Å²) in [5.41, 5.74) is 0.859. The van der Waals surface area contributed by atoms with Crippen LogP contribution in [0.5, 0.6) is 17.2 Å². The molecule has 146 valence electrons. The van der Waals surface area contributed by atoms with Crippen LogP contribution in [-0.2, 0) is 0 Å². The van der Waals surface area contributed by atoms with Crippen molar-refractivity contribution in [2.75, 3.05) is 19.8 Å². The van der Waals surface area contributed by atoms with E-state index in [2.05, 4.69) is 15.9 Å². The molecule has 0 bridgehead atoms. The summed E-state index contributed by atoms with van der Waals surface area (Å²) < 4.78 is 29.0. The molecule has 0 aliphatic rings. The van der Waals surface area contributed by atoms with Crippen LogP contribution in [0, 0.1) is 6.92 Å². The van der Waals surface area contributed by atoms with E-state index in [1.54, 1.807) is 18.2 Å². The number of unbranched alkanes of at least 4 members (excludes halogenated alkanes) is 1. The minimum absolute atomic E-state index is 0.112. The van der Waals surface area contributed by atoms with Gasteiger partial charge in [0.1, 0.15) is 23.9 Å². The molecule has 0 aliphatic heterocycles. The zero-order valence-corrected chi connectivity index (χ0v) is 17.9. The van der Waals surface area contributed by atoms with Crippen LogP contribution in [-0.4, -0.2) is 19.8 Å². The van der Waals surface area contributed by atoms with Gasteiger partial charge in [0.15, 0.2) is 4.74 Å². The third kappa shape index (κ3) is 7.99. The van der Waals surface area contributed by atoms with Crippen LogP contribution in [0.3, 0.4) is 0 Å². The van der Waals surface area contributed by atoms with Gasteiger partial charge < -0.3 is 14.2 Å². The first-order chi connectivity index (χ1) is 13.0. The Morgan fingerprint density at radius 2 is 1.67 bits per heavy atom. The maximum absolute atomic E-state index is 12.6. The van der Waals surface area contributed by atoms with Crippen molar-refractivity contribution in [3.8, 4) is 17.2 Å². The molecule has 2 aromatic rings. The summed E-state index contributed by atoms with van der Waals surface area (Å²) >= 11 is 14.8. The summed E-state index contributed by atoms with van der Waals surface area (Å²) in [7, 11) is 0. The molecule has 0 heterocycles. The number of rotatable bonds is 10. The van der Waals surface area contributed by atoms with E-state index < -0.39 is 4.74 Å². The third-order valence-corrected chi connectivity index (χ3v) is 4.41. The molecule has 7 heteroatoms. The Morgan fingerprint density at radius 3 is 2.30 bits per heavy atom. The van der Waals surface area contributed by atoms with Crippen molar-refractivity contribution >= 4 is 39.1 Å². The lowest BCUT2D eigenvalue weighted by atomic mass is 10.2. The van der Waals surface area contributed by atoms with Crippen molar-refractivity contribution in [1.82, 2.24) is 0 Å². The van der Waals surface area contributed by atoms with Crippen LogP contribution in [0.15, 0.2) is 47.2 Å². The van der Waals surface area contributed by atoms with Crippen molar-refractivity contribution in [3.05, 3.63) is 62.8 Å². The fourth-order valence-corrected chi connectivity index (χ4v) is 2.83. The maximum Gasteiger partial charge on any atom is 0.165 e. The number of benzene rings is 2. The van der Waals surface area contributed by atoms with E-state index in [0.29, 0.717) is 34.8 Å². The minimum Gasteiger partial charge on any atom is -0.494 e. The van der Waals surface area contributed by atoms with Crippen LogP contribution < -0.4 is 14.2 Å². The first kappa shape index (κ1) is 21.9. The highest BCUT2D eigenvalue weighted by Gasteiger charge is 2.09. The normalized spacial score (nSPS) is 11.4. The van der Waals surface area contributed by atoms with Gasteiger partial charge in [-0.2, -0.15) is 4.39 Å². The van der Waals surface area contributed by atoms with E-state index in [9.17, 15) is 4.39 Å². The predicted molar refractivity (Wildman–Crippen MR) is 111 cm³/mol. The number of ether oxygens (including phenoxy) is 3. The van der Waals surface area contributed by atoms with Gasteiger partial charge >= 0.3 is 0 Å². The predicted octanol–water partition coefficient (Wildman–Crippen LogP) is 7.12. The summed E-state index contributed by atoms with van der Waals surface area (Å²) in [5, 5.41) is 1.15. The van der Waals surface area contributed by atoms with Gasteiger partial charge in [-0.1, -0.05) is 23.2 Å². The zero-order chi connectivity index (χ0) is 19.6. The molecule has 0 spiro atoms. The molecule has 0 saturated carbocycles. The molecule has 0 aliphatic carbocycles. The number of hydrogen-bond acceptors (Lipinski definition) is 3. The molecule has 0 fully saturated rings. The maximum atomic E-state index is 12.6. The van der Waals surface area contributed by atoms with Crippen LogP contribution in [0.25, 0.3) is 0 Å². The average molecular weight is 478 g/mol. The molecule has 0 saturated heterocycles. The first-order valence-corrected chi connectivity index (χ1v) is 9.96. The van der Waals surface area contributed by atoms with Gasteiger partial charge in [-0.15, -0.1) is 0 Å². The van der Waals surface area contributed by atoms with Crippen molar-refractivity contribution in [2.24, 2.45) is 0 Å². The van der Waals surface area contributed by atoms with Gasteiger partial charge in [0.2, 0.25) is 0 Å². The van der Waals surface area contributed by atoms with Gasteiger partial charge in [0.05, 0.1) is 18.2 Å². The molecule has 2 rings (SSSR count). The summed E-state index contributed by atoms with van der Waals surface area (Å²) in [6.07, 6.45) is 2.96. The van der Waals surface area contributed by atoms with E-state index in [1.807, 2.05) is 25.1 Å². The summed E-state index contributed by atoms with van der Waals surface area (Å²) in [6.45, 7) is 3.13. The topological polar surface area (TPSA) is 27.7 Å². The van der Waals surface area contributed by atoms with Gasteiger partial charge in [0, 0.05) is 11.1 Å². The zero-order valence-electron chi connectivity index (χ0n) is 14.8. The summed E-state index contributed by atoms with van der Waals surface area (Å²) in [5.74, 6) is 1.99. The molecule has 0 atom stereocenters. The Bertz CT molecular complexity index is 739. The van der Waals surface area contributed by atoms with Crippen LogP contribution in [0.4, 0.5) is 4.39 Å². The SMILES string of the molecule is Cc1cc(OC/C=C(/F)Br)cc(Cl)c1OCCCCOc1ccc(Cl)cc1. The van der Waals surface area contributed by atoms with E-state index >= 15 is 0 Å². The standard InChI is InChI=1S/C20H20BrCl2FO3/c1-14-12-17(26-11-8-19(21)24)13-18(23)20(14)27-10-3-2-9-25-16-6-4-15(22)5-7-16/h4-8,12-13H,2-3,9-11H2,1H3/b19-8+. The number of hydrogen-bond donors (Lipinski definition) is 0. The van der Waals surface area contributed by atoms with Crippen molar-refractivity contribution in [2.45, 2.75) is 19.8 Å². The molecule has 0 N–H and O–H groups in total. The van der Waals surface area contributed by atoms with E-state index in [1.165, 1.54) is 6.08 Å². The highest BCUT2D eigenvalue weighted by atomic mass is 79.9. The third-order valence-electron chi connectivity index (χ3n) is 3.56. The molecular formula is C20H20BrCl2FO3. The lowest BCUT2D eigenvalue weighted by molar-refractivity contribution is 0.265. The smallest absolute Gasteiger partial charge is 0.165 e. The highest BCUT2D eigenvalue weighted by molar-refractivity contribution is 9.11. The van der Waals surface area contributed by atoms with Crippen molar-refractivity contribution in [1.29, 1.82) is 0 Å². The summed E-state index contributed by atoms with van der Waals surface area (Å²) in [6, 6.07) is 10.7. The van der Waals surface area contributed by atoms with E-state index in [4.69, 9.17) is 37.4 Å². The van der Waals surface area contributed by atoms with E-state index in [-0.39, 0.29) is 6.61 Å². The number of halogens is 4. The van der Waals surface area contributed by atoms with Gasteiger partial charge in [-0.05, 0) is 77.7 Å². The first-order valence-electron chi connectivity index (χ1n) is 8.41. The van der Waals surface area contributed by atoms with E-state index in [0.717, 1.165) is 24.2 Å². The van der Waals surface area contributed by atoms with Crippen molar-refractivity contribution < 1.29 is 18.6 Å². The Morgan fingerprint density at radius 1 is 1.00 bits per heavy atom. The van der Waals surface area contributed by atoms with Crippen LogP contribution in [0.1, 0.15) is 18.4 Å². The van der Waals surface area contributed by atoms with Crippen molar-refractivity contribution in [3.63, 3.8) is 0 Å². The molecule has 27 heavy (non-hydrogen) atoms. The average Bonchev–Trinajstić information content (AvgIpc) is 2.61. The minimum atomic E-state index is -0.467. The summed E-state index contributed by atoms with van der Waals surface area (Å²) in [4.78, 5) is 0. The molecule has 0 amide bonds. The van der Waals surface area contributed by atoms with Gasteiger partial charge in [-0.25, -0.2) is 0 Å². The second-order valence-corrected chi connectivity index (χ2v) is 7.32. The Hall–Kier alpha value is -1.43. The molecule has 2 aromatic carbocycles. The molecule has 0 radical (unpaired) electrons. The molecule has 0 unspecified atom stereocenters. The largest absolute Gasteiger partial charge is 0.494 e. The Kier molecular flexibility index (Phi) is 9.25. The highest BCUT2D eigenvalue weighted by Crippen LogP contribution is 2.33. The lowest BCUT2D eigenvalue weighted by Crippen LogP contribution is -2.04. The second-order valence-electron chi connectivity index (χ2n) is 5.71. The molecule has 0 aromatic heterocycles. The fraction of sp³-hybridized carbons (Fsp3) is 0.300. The second kappa shape index (κ2) is 11.4. The Balaban J connectivity index is 1.73. The monoisotopic (exact) mass is 476 g/mol. The van der Waals surface area contributed by atoms with Gasteiger partial charge in [0.25, 0.3) is 0 Å². The van der Waals surface area contributed by atoms with Crippen LogP contribution in [0.2, 0.25) is 10.0 Å². The molecule has 3 nitrogen and oxygen atoms in total. The Labute approximate surface area is 177 Å². The molecular weight excluding hydrogens is 458 g/mol. The fourth-order valence-electron chi connectivity index (χ4n) is 2.27. The van der Waals surface area contributed by atoms with Crippen LogP contribution >= 0.6 is 39.1 Å². The lowest BCUT2D eigenvalue weighted by Gasteiger charge is -2.13. The van der Waals surface area contributed by atoms with Gasteiger partial charge in [-0.3, -0.25) is 0 Å². The number of aryl methyl sites for hydroxylation is 1.